The third-order valence-electron chi connectivity index (χ3n) is 3.38. The molecule has 1 aliphatic rings. The summed E-state index contributed by atoms with van der Waals surface area (Å²) >= 11 is 0. The van der Waals surface area contributed by atoms with E-state index in [2.05, 4.69) is 15.6 Å². The van der Waals surface area contributed by atoms with Crippen LogP contribution in [0.25, 0.3) is 11.1 Å². The van der Waals surface area contributed by atoms with Crippen molar-refractivity contribution < 1.29 is 4.42 Å². The number of rotatable bonds is 5. The lowest BCUT2D eigenvalue weighted by Crippen LogP contribution is -2.30. The van der Waals surface area contributed by atoms with E-state index in [1.807, 2.05) is 25.2 Å². The number of hydrogen-bond donors (Lipinski definition) is 3. The molecule has 1 aliphatic carbocycles. The Balaban J connectivity index is 1.83. The smallest absolute Gasteiger partial charge is 0.408 e. The maximum absolute atomic E-state index is 11.1. The average Bonchev–Trinajstić information content (AvgIpc) is 3.10. The predicted octanol–water partition coefficient (Wildman–Crippen LogP) is 1.13. The molecule has 1 heterocycles. The number of likely N-dealkylation sites (N-methyl/N-ethyl adjacent to an activating group) is 1. The van der Waals surface area contributed by atoms with E-state index in [0.29, 0.717) is 11.6 Å². The molecule has 1 aromatic heterocycles. The van der Waals surface area contributed by atoms with Gasteiger partial charge in [0.05, 0.1) is 5.52 Å². The molecule has 3 N–H and O–H groups in total. The van der Waals surface area contributed by atoms with Gasteiger partial charge in [-0.3, -0.25) is 4.98 Å². The molecule has 1 saturated carbocycles. The fourth-order valence-corrected chi connectivity index (χ4v) is 2.14. The van der Waals surface area contributed by atoms with Gasteiger partial charge >= 0.3 is 5.76 Å². The number of fused-ring (bicyclic) bond motifs is 1. The van der Waals surface area contributed by atoms with Gasteiger partial charge < -0.3 is 15.1 Å². The molecule has 2 aromatic rings. The van der Waals surface area contributed by atoms with Crippen molar-refractivity contribution in [3.8, 4) is 0 Å². The maximum Gasteiger partial charge on any atom is 0.417 e. The van der Waals surface area contributed by atoms with E-state index in [-0.39, 0.29) is 6.04 Å². The lowest BCUT2D eigenvalue weighted by atomic mass is 10.1. The molecule has 0 aliphatic heterocycles. The Labute approximate surface area is 105 Å². The van der Waals surface area contributed by atoms with Crippen LogP contribution in [0.5, 0.6) is 0 Å². The van der Waals surface area contributed by atoms with Gasteiger partial charge in [-0.2, -0.15) is 0 Å². The van der Waals surface area contributed by atoms with E-state index in [0.717, 1.165) is 17.6 Å². The van der Waals surface area contributed by atoms with Crippen LogP contribution in [0.3, 0.4) is 0 Å². The van der Waals surface area contributed by atoms with Crippen LogP contribution < -0.4 is 16.4 Å². The second kappa shape index (κ2) is 4.59. The summed E-state index contributed by atoms with van der Waals surface area (Å²) in [5, 5.41) is 6.79. The average molecular weight is 247 g/mol. The van der Waals surface area contributed by atoms with E-state index < -0.39 is 5.76 Å². The summed E-state index contributed by atoms with van der Waals surface area (Å²) in [6, 6.07) is 6.74. The first-order chi connectivity index (χ1) is 8.76. The van der Waals surface area contributed by atoms with Crippen LogP contribution in [0.15, 0.2) is 27.4 Å². The second-order valence-electron chi connectivity index (χ2n) is 4.79. The highest BCUT2D eigenvalue weighted by atomic mass is 16.4. The van der Waals surface area contributed by atoms with Gasteiger partial charge in [0.25, 0.3) is 0 Å². The van der Waals surface area contributed by atoms with Gasteiger partial charge in [0.15, 0.2) is 5.58 Å². The van der Waals surface area contributed by atoms with Gasteiger partial charge in [-0.1, -0.05) is 6.07 Å². The molecule has 0 amide bonds. The molecule has 5 heteroatoms. The van der Waals surface area contributed by atoms with E-state index in [4.69, 9.17) is 4.42 Å². The lowest BCUT2D eigenvalue weighted by molar-refractivity contribution is 0.526. The molecule has 1 unspecified atom stereocenters. The third-order valence-corrected chi connectivity index (χ3v) is 3.38. The molecule has 96 valence electrons. The quantitative estimate of drug-likeness (QED) is 0.741. The van der Waals surface area contributed by atoms with Gasteiger partial charge in [-0.15, -0.1) is 0 Å². The highest BCUT2D eigenvalue weighted by molar-refractivity contribution is 5.72. The zero-order valence-corrected chi connectivity index (χ0v) is 10.3. The third kappa shape index (κ3) is 2.32. The predicted molar refractivity (Wildman–Crippen MR) is 69.7 cm³/mol. The monoisotopic (exact) mass is 247 g/mol. The first kappa shape index (κ1) is 11.5. The highest BCUT2D eigenvalue weighted by Gasteiger charge is 2.22. The van der Waals surface area contributed by atoms with Crippen molar-refractivity contribution in [2.75, 3.05) is 13.6 Å². The van der Waals surface area contributed by atoms with Gasteiger partial charge in [0, 0.05) is 18.6 Å². The number of nitrogens with one attached hydrogen (secondary N) is 3. The van der Waals surface area contributed by atoms with Crippen LogP contribution in [0.2, 0.25) is 0 Å². The highest BCUT2D eigenvalue weighted by Crippen LogP contribution is 2.21. The molecular formula is C13H17N3O2. The number of benzene rings is 1. The Morgan fingerprint density at radius 1 is 1.50 bits per heavy atom. The summed E-state index contributed by atoms with van der Waals surface area (Å²) < 4.78 is 5.00. The van der Waals surface area contributed by atoms with Crippen LogP contribution in [0.1, 0.15) is 24.4 Å². The van der Waals surface area contributed by atoms with E-state index in [1.54, 1.807) is 0 Å². The zero-order chi connectivity index (χ0) is 12.5. The molecule has 1 atom stereocenters. The molecule has 0 radical (unpaired) electrons. The summed E-state index contributed by atoms with van der Waals surface area (Å²) in [5.74, 6) is -0.403. The molecule has 0 saturated heterocycles. The summed E-state index contributed by atoms with van der Waals surface area (Å²) in [5.41, 5.74) is 2.51. The molecule has 18 heavy (non-hydrogen) atoms. The summed E-state index contributed by atoms with van der Waals surface area (Å²) in [6.45, 7) is 0.898. The molecule has 0 bridgehead atoms. The number of H-pyrrole nitrogens is 1. The van der Waals surface area contributed by atoms with Gasteiger partial charge in [-0.25, -0.2) is 4.79 Å². The molecule has 3 rings (SSSR count). The van der Waals surface area contributed by atoms with Crippen LogP contribution in [-0.2, 0) is 0 Å². The number of oxazole rings is 1. The van der Waals surface area contributed by atoms with Crippen LogP contribution >= 0.6 is 0 Å². The van der Waals surface area contributed by atoms with Crippen molar-refractivity contribution in [1.82, 2.24) is 15.6 Å². The van der Waals surface area contributed by atoms with Crippen molar-refractivity contribution >= 4 is 11.1 Å². The molecule has 1 aromatic carbocycles. The van der Waals surface area contributed by atoms with Crippen LogP contribution in [0, 0.1) is 0 Å². The first-order valence-electron chi connectivity index (χ1n) is 6.29. The molecule has 5 nitrogen and oxygen atoms in total. The van der Waals surface area contributed by atoms with E-state index >= 15 is 0 Å². The number of aromatic amines is 1. The molecule has 1 fully saturated rings. The van der Waals surface area contributed by atoms with Crippen molar-refractivity contribution in [1.29, 1.82) is 0 Å². The Kier molecular flexibility index (Phi) is 2.93. The van der Waals surface area contributed by atoms with Crippen molar-refractivity contribution in [2.24, 2.45) is 0 Å². The topological polar surface area (TPSA) is 70.1 Å². The Hall–Kier alpha value is -1.59. The minimum absolute atomic E-state index is 0.244. The van der Waals surface area contributed by atoms with E-state index in [1.165, 1.54) is 12.8 Å². The normalized spacial score (nSPS) is 17.2. The van der Waals surface area contributed by atoms with Gasteiger partial charge in [0.1, 0.15) is 0 Å². The van der Waals surface area contributed by atoms with Gasteiger partial charge in [0.2, 0.25) is 0 Å². The first-order valence-corrected chi connectivity index (χ1v) is 6.29. The largest absolute Gasteiger partial charge is 0.417 e. The van der Waals surface area contributed by atoms with Crippen LogP contribution in [0.4, 0.5) is 0 Å². The summed E-state index contributed by atoms with van der Waals surface area (Å²) in [6.07, 6.45) is 2.56. The zero-order valence-electron chi connectivity index (χ0n) is 10.3. The van der Waals surface area contributed by atoms with E-state index in [9.17, 15) is 4.79 Å². The fraction of sp³-hybridized carbons (Fsp3) is 0.462. The SMILES string of the molecule is CNC(CNC1CC1)c1ccc2oc(=O)[nH]c2c1. The Morgan fingerprint density at radius 2 is 2.33 bits per heavy atom. The minimum Gasteiger partial charge on any atom is -0.408 e. The maximum atomic E-state index is 11.1. The molecule has 0 spiro atoms. The summed E-state index contributed by atoms with van der Waals surface area (Å²) in [7, 11) is 1.95. The van der Waals surface area contributed by atoms with Crippen LogP contribution in [-0.4, -0.2) is 24.6 Å². The summed E-state index contributed by atoms with van der Waals surface area (Å²) in [4.78, 5) is 13.8. The van der Waals surface area contributed by atoms with Crippen molar-refractivity contribution in [2.45, 2.75) is 24.9 Å². The Bertz CT molecular complexity index is 598. The second-order valence-corrected chi connectivity index (χ2v) is 4.79. The molecular weight excluding hydrogens is 230 g/mol. The minimum atomic E-state index is -0.403. The lowest BCUT2D eigenvalue weighted by Gasteiger charge is -2.17. The number of hydrogen-bond acceptors (Lipinski definition) is 4. The van der Waals surface area contributed by atoms with Crippen molar-refractivity contribution in [3.05, 3.63) is 34.3 Å². The Morgan fingerprint density at radius 3 is 3.06 bits per heavy atom. The number of aromatic nitrogens is 1. The van der Waals surface area contributed by atoms with Crippen molar-refractivity contribution in [3.63, 3.8) is 0 Å². The fourth-order valence-electron chi connectivity index (χ4n) is 2.14. The van der Waals surface area contributed by atoms with Gasteiger partial charge in [-0.05, 0) is 37.6 Å². The standard InChI is InChI=1S/C13H17N3O2/c1-14-11(7-15-9-3-4-9)8-2-5-12-10(6-8)16-13(17)18-12/h2,5-6,9,11,14-15H,3-4,7H2,1H3,(H,16,17).